The molecule has 1 heterocycles. The lowest BCUT2D eigenvalue weighted by Crippen LogP contribution is -2.37. The first-order chi connectivity index (χ1) is 10.0. The highest BCUT2D eigenvalue weighted by Gasteiger charge is 2.17. The third-order valence-corrected chi connectivity index (χ3v) is 3.62. The van der Waals surface area contributed by atoms with Crippen LogP contribution in [0.2, 0.25) is 0 Å². The normalized spacial score (nSPS) is 19.7. The minimum Gasteiger partial charge on any atom is -0.462 e. The van der Waals surface area contributed by atoms with Gasteiger partial charge in [0.05, 0.1) is 18.3 Å². The summed E-state index contributed by atoms with van der Waals surface area (Å²) >= 11 is 0. The molecule has 1 aliphatic rings. The summed E-state index contributed by atoms with van der Waals surface area (Å²) in [5.74, 6) is 0.0856. The average molecular weight is 291 g/mol. The van der Waals surface area contributed by atoms with Crippen molar-refractivity contribution in [2.45, 2.75) is 39.3 Å². The van der Waals surface area contributed by atoms with Crippen LogP contribution in [0.3, 0.4) is 0 Å². The molecule has 1 aromatic rings. The number of carbonyl (C=O) groups excluding carboxylic acids is 1. The molecule has 0 saturated carbocycles. The number of aliphatic hydroxyl groups is 1. The number of nitrogens with zero attached hydrogens (tertiary/aromatic N) is 1. The third-order valence-electron chi connectivity index (χ3n) is 3.62. The van der Waals surface area contributed by atoms with E-state index in [2.05, 4.69) is 4.90 Å². The second kappa shape index (κ2) is 7.57. The highest BCUT2D eigenvalue weighted by atomic mass is 16.5. The van der Waals surface area contributed by atoms with E-state index in [0.29, 0.717) is 18.1 Å². The minimum absolute atomic E-state index is 0.205. The molecule has 1 atom stereocenters. The van der Waals surface area contributed by atoms with Crippen molar-refractivity contribution in [2.75, 3.05) is 19.7 Å². The molecule has 2 rings (SSSR count). The number of rotatable bonds is 5. The van der Waals surface area contributed by atoms with E-state index in [0.717, 1.165) is 38.0 Å². The molecule has 116 valence electrons. The fourth-order valence-corrected chi connectivity index (χ4v) is 2.50. The van der Waals surface area contributed by atoms with Gasteiger partial charge in [-0.25, -0.2) is 4.79 Å². The zero-order valence-electron chi connectivity index (χ0n) is 12.9. The van der Waals surface area contributed by atoms with Gasteiger partial charge in [-0.05, 0) is 43.0 Å². The summed E-state index contributed by atoms with van der Waals surface area (Å²) in [5, 5.41) is 9.68. The lowest BCUT2D eigenvalue weighted by molar-refractivity contribution is 0.0459. The Labute approximate surface area is 126 Å². The van der Waals surface area contributed by atoms with Gasteiger partial charge in [-0.3, -0.25) is 4.90 Å². The maximum Gasteiger partial charge on any atom is 0.338 e. The van der Waals surface area contributed by atoms with Gasteiger partial charge in [-0.1, -0.05) is 26.0 Å². The Balaban J connectivity index is 1.88. The molecule has 1 saturated heterocycles. The van der Waals surface area contributed by atoms with Crippen LogP contribution in [0.15, 0.2) is 24.3 Å². The fraction of sp³-hybridized carbons (Fsp3) is 0.588. The molecule has 0 spiro atoms. The summed E-state index contributed by atoms with van der Waals surface area (Å²) in [4.78, 5) is 14.1. The van der Waals surface area contributed by atoms with Crippen LogP contribution in [0, 0.1) is 5.92 Å². The highest BCUT2D eigenvalue weighted by molar-refractivity contribution is 5.89. The van der Waals surface area contributed by atoms with Gasteiger partial charge in [-0.15, -0.1) is 0 Å². The van der Waals surface area contributed by atoms with Crippen LogP contribution in [-0.2, 0) is 11.3 Å². The van der Waals surface area contributed by atoms with Crippen molar-refractivity contribution in [3.63, 3.8) is 0 Å². The van der Waals surface area contributed by atoms with Crippen molar-refractivity contribution >= 4 is 5.97 Å². The molecular formula is C17H25NO3. The smallest absolute Gasteiger partial charge is 0.338 e. The van der Waals surface area contributed by atoms with E-state index in [9.17, 15) is 9.90 Å². The van der Waals surface area contributed by atoms with Crippen LogP contribution in [0.25, 0.3) is 0 Å². The third kappa shape index (κ3) is 5.14. The van der Waals surface area contributed by atoms with E-state index in [4.69, 9.17) is 4.74 Å². The van der Waals surface area contributed by atoms with E-state index in [1.165, 1.54) is 0 Å². The zero-order valence-corrected chi connectivity index (χ0v) is 12.9. The summed E-state index contributed by atoms with van der Waals surface area (Å²) in [6, 6.07) is 7.57. The number of benzene rings is 1. The van der Waals surface area contributed by atoms with Crippen molar-refractivity contribution in [1.29, 1.82) is 0 Å². The summed E-state index contributed by atoms with van der Waals surface area (Å²) < 4.78 is 5.21. The molecule has 0 amide bonds. The zero-order chi connectivity index (χ0) is 15.2. The Morgan fingerprint density at radius 1 is 1.38 bits per heavy atom. The Morgan fingerprint density at radius 3 is 2.71 bits per heavy atom. The Bertz CT molecular complexity index is 456. The number of hydrogen-bond donors (Lipinski definition) is 1. The number of ether oxygens (including phenoxy) is 1. The van der Waals surface area contributed by atoms with Crippen LogP contribution in [-0.4, -0.2) is 41.8 Å². The number of likely N-dealkylation sites (tertiary alicyclic amines) is 1. The van der Waals surface area contributed by atoms with Gasteiger partial charge in [0.15, 0.2) is 0 Å². The van der Waals surface area contributed by atoms with Crippen LogP contribution in [0.5, 0.6) is 0 Å². The van der Waals surface area contributed by atoms with Crippen LogP contribution in [0.4, 0.5) is 0 Å². The van der Waals surface area contributed by atoms with Crippen molar-refractivity contribution in [1.82, 2.24) is 4.90 Å². The number of hydrogen-bond acceptors (Lipinski definition) is 4. The first-order valence-corrected chi connectivity index (χ1v) is 7.71. The summed E-state index contributed by atoms with van der Waals surface area (Å²) in [5.41, 5.74) is 1.75. The average Bonchev–Trinajstić information content (AvgIpc) is 2.45. The van der Waals surface area contributed by atoms with Gasteiger partial charge in [0.25, 0.3) is 0 Å². The van der Waals surface area contributed by atoms with Crippen molar-refractivity contribution in [3.05, 3.63) is 35.4 Å². The molecule has 0 aromatic heterocycles. The number of piperidine rings is 1. The van der Waals surface area contributed by atoms with Crippen molar-refractivity contribution in [3.8, 4) is 0 Å². The van der Waals surface area contributed by atoms with Gasteiger partial charge < -0.3 is 9.84 Å². The molecule has 1 unspecified atom stereocenters. The molecule has 4 heteroatoms. The first-order valence-electron chi connectivity index (χ1n) is 7.71. The van der Waals surface area contributed by atoms with Crippen LogP contribution in [0.1, 0.15) is 42.6 Å². The maximum atomic E-state index is 11.8. The van der Waals surface area contributed by atoms with Gasteiger partial charge >= 0.3 is 5.97 Å². The standard InChI is InChI=1S/C17H25NO3/c1-13(2)12-21-17(20)15-7-5-14(6-8-15)10-18-9-3-4-16(19)11-18/h5-8,13,16,19H,3-4,9-12H2,1-2H3. The summed E-state index contributed by atoms with van der Waals surface area (Å²) in [6.07, 6.45) is 1.74. The van der Waals surface area contributed by atoms with E-state index in [1.54, 1.807) is 0 Å². The molecule has 0 bridgehead atoms. The monoisotopic (exact) mass is 291 g/mol. The van der Waals surface area contributed by atoms with E-state index >= 15 is 0 Å². The molecule has 1 N–H and O–H groups in total. The second-order valence-electron chi connectivity index (χ2n) is 6.22. The lowest BCUT2D eigenvalue weighted by Gasteiger charge is -2.29. The topological polar surface area (TPSA) is 49.8 Å². The Morgan fingerprint density at radius 2 is 2.10 bits per heavy atom. The highest BCUT2D eigenvalue weighted by Crippen LogP contribution is 2.14. The van der Waals surface area contributed by atoms with Crippen molar-refractivity contribution in [2.24, 2.45) is 5.92 Å². The summed E-state index contributed by atoms with van der Waals surface area (Å²) in [6.45, 7) is 7.06. The van der Waals surface area contributed by atoms with Crippen LogP contribution >= 0.6 is 0 Å². The molecule has 1 aliphatic heterocycles. The van der Waals surface area contributed by atoms with E-state index in [-0.39, 0.29) is 12.1 Å². The quantitative estimate of drug-likeness (QED) is 0.847. The molecule has 4 nitrogen and oxygen atoms in total. The van der Waals surface area contributed by atoms with E-state index in [1.807, 2.05) is 38.1 Å². The molecule has 0 radical (unpaired) electrons. The first kappa shape index (κ1) is 16.0. The maximum absolute atomic E-state index is 11.8. The number of aliphatic hydroxyl groups excluding tert-OH is 1. The molecule has 1 aromatic carbocycles. The van der Waals surface area contributed by atoms with Gasteiger partial charge in [-0.2, -0.15) is 0 Å². The van der Waals surface area contributed by atoms with E-state index < -0.39 is 0 Å². The minimum atomic E-state index is -0.261. The molecule has 1 fully saturated rings. The largest absolute Gasteiger partial charge is 0.462 e. The molecule has 0 aliphatic carbocycles. The second-order valence-corrected chi connectivity index (χ2v) is 6.22. The predicted octanol–water partition coefficient (Wildman–Crippen LogP) is 2.46. The Kier molecular flexibility index (Phi) is 5.76. The fourth-order valence-electron chi connectivity index (χ4n) is 2.50. The van der Waals surface area contributed by atoms with Gasteiger partial charge in [0, 0.05) is 13.1 Å². The molecular weight excluding hydrogens is 266 g/mol. The summed E-state index contributed by atoms with van der Waals surface area (Å²) in [7, 11) is 0. The predicted molar refractivity (Wildman–Crippen MR) is 82.1 cm³/mol. The Hall–Kier alpha value is -1.39. The van der Waals surface area contributed by atoms with Crippen LogP contribution < -0.4 is 0 Å². The SMILES string of the molecule is CC(C)COC(=O)c1ccc(CN2CCCC(O)C2)cc1. The number of esters is 1. The molecule has 21 heavy (non-hydrogen) atoms. The lowest BCUT2D eigenvalue weighted by atomic mass is 10.1. The van der Waals surface area contributed by atoms with Gasteiger partial charge in [0.2, 0.25) is 0 Å². The number of β-amino-alcohol motifs (C(OH)–C–C–N with tert-alkyl or cyclic N) is 1. The van der Waals surface area contributed by atoms with Crippen molar-refractivity contribution < 1.29 is 14.6 Å². The van der Waals surface area contributed by atoms with Gasteiger partial charge in [0.1, 0.15) is 0 Å². The number of carbonyl (C=O) groups is 1.